The van der Waals surface area contributed by atoms with Crippen LogP contribution in [0.5, 0.6) is 0 Å². The monoisotopic (exact) mass is 654 g/mol. The van der Waals surface area contributed by atoms with Gasteiger partial charge in [0.25, 0.3) is 0 Å². The van der Waals surface area contributed by atoms with Crippen LogP contribution in [0.4, 0.5) is 14.6 Å². The van der Waals surface area contributed by atoms with Crippen molar-refractivity contribution in [2.24, 2.45) is 5.41 Å². The van der Waals surface area contributed by atoms with Crippen LogP contribution < -0.4 is 4.90 Å². The summed E-state index contributed by atoms with van der Waals surface area (Å²) in [5, 5.41) is 18.3. The normalized spacial score (nSPS) is 16.6. The lowest BCUT2D eigenvalue weighted by Crippen LogP contribution is -2.51. The number of anilines is 1. The maximum absolute atomic E-state index is 14.9. The van der Waals surface area contributed by atoms with E-state index in [9.17, 15) is 18.7 Å². The van der Waals surface area contributed by atoms with Gasteiger partial charge in [0.1, 0.15) is 29.5 Å². The van der Waals surface area contributed by atoms with E-state index in [4.69, 9.17) is 4.52 Å². The Hall–Kier alpha value is -3.07. The molecule has 5 rings (SSSR count). The van der Waals surface area contributed by atoms with Gasteiger partial charge in [0, 0.05) is 18.2 Å². The Balaban J connectivity index is 0.00000164. The number of hydrogen-bond acceptors (Lipinski definition) is 8. The molecule has 1 N–H and O–H groups in total. The Morgan fingerprint density at radius 2 is 1.97 bits per heavy atom. The number of halogens is 3. The standard InChI is InChI=1S/C25H24F2N6O3.HIS/c1-25(2)9-7-20(24(34)35)32(14-25)23-17(27)12-28-22(29-23)19-11-21(18-8-10-36-31-18)33(30-19)13-15-5-3-4-6-16(15)26;1-2/h3-6,8,10-12,20H,7,9,13-14H2,1-2H3,(H,34,35);2H. The molecule has 13 heteroatoms. The van der Waals surface area contributed by atoms with Crippen LogP contribution >= 0.6 is 31.0 Å². The van der Waals surface area contributed by atoms with Crippen LogP contribution in [0.25, 0.3) is 22.9 Å². The zero-order valence-electron chi connectivity index (χ0n) is 20.6. The molecule has 1 aliphatic heterocycles. The van der Waals surface area contributed by atoms with Crippen molar-refractivity contribution in [1.29, 1.82) is 0 Å². The van der Waals surface area contributed by atoms with Crippen molar-refractivity contribution in [3.63, 3.8) is 0 Å². The molecule has 3 aromatic heterocycles. The van der Waals surface area contributed by atoms with Gasteiger partial charge in [-0.2, -0.15) is 5.10 Å². The van der Waals surface area contributed by atoms with Gasteiger partial charge >= 0.3 is 5.97 Å². The smallest absolute Gasteiger partial charge is 0.326 e. The number of aromatic nitrogens is 5. The van der Waals surface area contributed by atoms with Crippen LogP contribution in [0.2, 0.25) is 0 Å². The van der Waals surface area contributed by atoms with Gasteiger partial charge in [-0.15, -0.1) is 9.80 Å². The number of hydrogen-bond donors (Lipinski definition) is 2. The lowest BCUT2D eigenvalue weighted by atomic mass is 9.81. The minimum Gasteiger partial charge on any atom is -0.480 e. The maximum atomic E-state index is 14.9. The maximum Gasteiger partial charge on any atom is 0.326 e. The lowest BCUT2D eigenvalue weighted by Gasteiger charge is -2.42. The number of benzene rings is 1. The Labute approximate surface area is 235 Å². The van der Waals surface area contributed by atoms with Crippen molar-refractivity contribution in [1.82, 2.24) is 24.9 Å². The molecule has 4 aromatic rings. The highest BCUT2D eigenvalue weighted by molar-refractivity contribution is 14.2. The van der Waals surface area contributed by atoms with Crippen molar-refractivity contribution < 1.29 is 23.2 Å². The average Bonchev–Trinajstić information content (AvgIpc) is 3.56. The summed E-state index contributed by atoms with van der Waals surface area (Å²) >= 11 is 1.84. The van der Waals surface area contributed by atoms with E-state index in [1.54, 1.807) is 35.0 Å². The van der Waals surface area contributed by atoms with E-state index in [0.29, 0.717) is 42.0 Å². The summed E-state index contributed by atoms with van der Waals surface area (Å²) in [5.74, 6) is -2.12. The molecule has 1 atom stereocenters. The van der Waals surface area contributed by atoms with Crippen LogP contribution in [0.3, 0.4) is 0 Å². The molecule has 38 heavy (non-hydrogen) atoms. The minimum absolute atomic E-state index is 0.0909. The van der Waals surface area contributed by atoms with Gasteiger partial charge in [0.2, 0.25) is 0 Å². The van der Waals surface area contributed by atoms with E-state index < -0.39 is 17.8 Å². The number of aliphatic carboxylic acids is 1. The van der Waals surface area contributed by atoms with E-state index in [-0.39, 0.29) is 29.4 Å². The Bertz CT molecular complexity index is 1420. The summed E-state index contributed by atoms with van der Waals surface area (Å²) in [6, 6.07) is 8.75. The van der Waals surface area contributed by atoms with E-state index in [0.717, 1.165) is 6.20 Å². The van der Waals surface area contributed by atoms with Gasteiger partial charge in [0.15, 0.2) is 17.5 Å². The van der Waals surface area contributed by atoms with Crippen molar-refractivity contribution in [3.05, 3.63) is 66.1 Å². The van der Waals surface area contributed by atoms with Gasteiger partial charge in [-0.3, -0.25) is 4.68 Å². The number of piperidine rings is 1. The van der Waals surface area contributed by atoms with Gasteiger partial charge in [0.05, 0.1) is 18.4 Å². The Kier molecular flexibility index (Phi) is 8.65. The van der Waals surface area contributed by atoms with Crippen molar-refractivity contribution in [2.75, 3.05) is 11.4 Å². The second-order valence-corrected chi connectivity index (χ2v) is 9.60. The second-order valence-electron chi connectivity index (χ2n) is 9.60. The third kappa shape index (κ3) is 5.98. The molecule has 4 heterocycles. The first kappa shape index (κ1) is 28.0. The topological polar surface area (TPSA) is 110 Å². The molecule has 0 saturated carbocycles. The predicted molar refractivity (Wildman–Crippen MR) is 149 cm³/mol. The van der Waals surface area contributed by atoms with E-state index in [1.165, 1.54) is 17.2 Å². The zero-order chi connectivity index (χ0) is 27.4. The predicted octanol–water partition coefficient (Wildman–Crippen LogP) is 5.67. The molecular weight excluding hydrogens is 629 g/mol. The number of nitrogens with zero attached hydrogens (tertiary/aromatic N) is 6. The largest absolute Gasteiger partial charge is 0.480 e. The molecule has 0 spiro atoms. The van der Waals surface area contributed by atoms with Gasteiger partial charge < -0.3 is 14.5 Å². The molecule has 1 unspecified atom stereocenters. The highest BCUT2D eigenvalue weighted by Crippen LogP contribution is 2.36. The fourth-order valence-electron chi connectivity index (χ4n) is 4.48. The van der Waals surface area contributed by atoms with Gasteiger partial charge in [-0.1, -0.05) is 37.2 Å². The molecule has 1 aliphatic rings. The number of rotatable bonds is 6. The third-order valence-electron chi connectivity index (χ3n) is 6.34. The van der Waals surface area contributed by atoms with Crippen molar-refractivity contribution in [3.8, 4) is 22.9 Å². The highest BCUT2D eigenvalue weighted by Gasteiger charge is 2.39. The summed E-state index contributed by atoms with van der Waals surface area (Å²) < 4.78 is 35.8. The fourth-order valence-corrected chi connectivity index (χ4v) is 4.48. The van der Waals surface area contributed by atoms with Crippen molar-refractivity contribution >= 4 is 42.8 Å². The Morgan fingerprint density at radius 1 is 1.21 bits per heavy atom. The molecule has 1 saturated heterocycles. The molecule has 1 aromatic carbocycles. The van der Waals surface area contributed by atoms with Gasteiger partial charge in [-0.05, 0) is 51.6 Å². The summed E-state index contributed by atoms with van der Waals surface area (Å²) in [6.07, 6.45) is 3.49. The van der Waals surface area contributed by atoms with E-state index in [1.807, 2.05) is 35.1 Å². The molecule has 200 valence electrons. The van der Waals surface area contributed by atoms with Crippen LogP contribution in [0.15, 0.2) is 53.4 Å². The number of thiol groups is 1. The van der Waals surface area contributed by atoms with Crippen LogP contribution in [-0.2, 0) is 11.3 Å². The summed E-state index contributed by atoms with van der Waals surface area (Å²) in [7, 11) is 3.50. The Morgan fingerprint density at radius 3 is 2.66 bits per heavy atom. The number of carbonyl (C=O) groups is 1. The molecule has 0 amide bonds. The molecule has 0 bridgehead atoms. The number of carboxylic acid groups (broad SMARTS) is 1. The highest BCUT2D eigenvalue weighted by atomic mass is 127. The first-order valence-corrected chi connectivity index (χ1v) is 14.9. The van der Waals surface area contributed by atoms with Crippen LogP contribution in [0.1, 0.15) is 32.3 Å². The van der Waals surface area contributed by atoms with E-state index in [2.05, 4.69) is 30.0 Å². The molecule has 1 fully saturated rings. The third-order valence-corrected chi connectivity index (χ3v) is 6.34. The average molecular weight is 654 g/mol. The second kappa shape index (κ2) is 11.8. The molecule has 0 aliphatic carbocycles. The fraction of sp³-hybridized carbons (Fsp3) is 0.320. The summed E-state index contributed by atoms with van der Waals surface area (Å²) in [6.45, 7) is 4.44. The van der Waals surface area contributed by atoms with Gasteiger partial charge in [-0.25, -0.2) is 23.5 Å². The van der Waals surface area contributed by atoms with Crippen LogP contribution in [0, 0.1) is 17.0 Å². The molecule has 9 nitrogen and oxygen atoms in total. The summed E-state index contributed by atoms with van der Waals surface area (Å²) in [4.78, 5) is 21.9. The summed E-state index contributed by atoms with van der Waals surface area (Å²) in [5.41, 5.74) is 1.49. The molecule has 0 radical (unpaired) electrons. The van der Waals surface area contributed by atoms with Crippen LogP contribution in [-0.4, -0.2) is 48.6 Å². The first-order chi connectivity index (χ1) is 18.2. The van der Waals surface area contributed by atoms with E-state index >= 15 is 0 Å². The minimum atomic E-state index is -1.03. The number of carboxylic acids is 1. The SMILES string of the molecule is CC1(C)CCC(C(=O)O)N(c2nc(-c3cc(-c4ccon4)n(Cc4ccccc4F)n3)ncc2F)C1.SI. The zero-order valence-corrected chi connectivity index (χ0v) is 23.6. The van der Waals surface area contributed by atoms with Crippen molar-refractivity contribution in [2.45, 2.75) is 39.3 Å². The lowest BCUT2D eigenvalue weighted by molar-refractivity contribution is -0.139. The quantitative estimate of drug-likeness (QED) is 0.202. The molecular formula is C25H25F2IN6O3S. The first-order valence-electron chi connectivity index (χ1n) is 11.6.